The molecule has 0 spiro atoms. The molecule has 0 saturated carbocycles. The Hall–Kier alpha value is -2.35. The summed E-state index contributed by atoms with van der Waals surface area (Å²) in [6, 6.07) is 4.57. The minimum absolute atomic E-state index is 0.0172. The van der Waals surface area contributed by atoms with Crippen LogP contribution in [-0.2, 0) is 14.8 Å². The van der Waals surface area contributed by atoms with Crippen molar-refractivity contribution >= 4 is 21.7 Å². The number of hydrogen-bond donors (Lipinski definition) is 2. The number of carbonyl (C=O) groups excluding carboxylic acids is 1. The van der Waals surface area contributed by atoms with Crippen LogP contribution < -0.4 is 4.72 Å². The van der Waals surface area contributed by atoms with Crippen molar-refractivity contribution in [1.82, 2.24) is 9.97 Å². The summed E-state index contributed by atoms with van der Waals surface area (Å²) in [6.07, 6.45) is 1.25. The highest BCUT2D eigenvalue weighted by molar-refractivity contribution is 7.92. The SMILES string of the molecule is COC(=O)c1ccc(NS(=O)(=O)c2cnc(C)[nH]2)c(C)c1. The zero-order valence-corrected chi connectivity index (χ0v) is 12.6. The number of H-pyrrole nitrogens is 1. The van der Waals surface area contributed by atoms with Crippen molar-refractivity contribution in [2.24, 2.45) is 0 Å². The first-order valence-corrected chi connectivity index (χ1v) is 7.55. The number of esters is 1. The molecule has 0 atom stereocenters. The van der Waals surface area contributed by atoms with Crippen molar-refractivity contribution in [1.29, 1.82) is 0 Å². The third-order valence-electron chi connectivity index (χ3n) is 2.86. The molecule has 0 unspecified atom stereocenters. The molecule has 0 fully saturated rings. The number of rotatable bonds is 4. The average Bonchev–Trinajstić information content (AvgIpc) is 2.87. The van der Waals surface area contributed by atoms with Crippen LogP contribution in [0.3, 0.4) is 0 Å². The van der Waals surface area contributed by atoms with Crippen LogP contribution in [0.15, 0.2) is 29.4 Å². The fourth-order valence-corrected chi connectivity index (χ4v) is 2.86. The highest BCUT2D eigenvalue weighted by Crippen LogP contribution is 2.20. The second-order valence-corrected chi connectivity index (χ2v) is 6.11. The summed E-state index contributed by atoms with van der Waals surface area (Å²) in [4.78, 5) is 17.9. The summed E-state index contributed by atoms with van der Waals surface area (Å²) in [5, 5.41) is -0.0172. The second-order valence-electron chi connectivity index (χ2n) is 4.46. The summed E-state index contributed by atoms with van der Waals surface area (Å²) >= 11 is 0. The summed E-state index contributed by atoms with van der Waals surface area (Å²) in [6.45, 7) is 3.36. The summed E-state index contributed by atoms with van der Waals surface area (Å²) in [7, 11) is -2.45. The molecule has 0 aliphatic carbocycles. The Morgan fingerprint density at radius 2 is 2.05 bits per heavy atom. The Kier molecular flexibility index (Phi) is 3.99. The van der Waals surface area contributed by atoms with Gasteiger partial charge in [0.1, 0.15) is 5.82 Å². The zero-order valence-electron chi connectivity index (χ0n) is 11.8. The predicted molar refractivity (Wildman–Crippen MR) is 76.7 cm³/mol. The van der Waals surface area contributed by atoms with E-state index in [1.165, 1.54) is 25.4 Å². The molecular formula is C13H15N3O4S. The van der Waals surface area contributed by atoms with Gasteiger partial charge in [0.15, 0.2) is 5.03 Å². The maximum absolute atomic E-state index is 12.2. The van der Waals surface area contributed by atoms with E-state index in [4.69, 9.17) is 0 Å². The highest BCUT2D eigenvalue weighted by atomic mass is 32.2. The van der Waals surface area contributed by atoms with E-state index >= 15 is 0 Å². The molecule has 1 aromatic heterocycles. The van der Waals surface area contributed by atoms with Gasteiger partial charge in [-0.25, -0.2) is 9.78 Å². The van der Waals surface area contributed by atoms with E-state index in [9.17, 15) is 13.2 Å². The fraction of sp³-hybridized carbons (Fsp3) is 0.231. The molecule has 8 heteroatoms. The molecule has 2 N–H and O–H groups in total. The van der Waals surface area contributed by atoms with Crippen LogP contribution >= 0.6 is 0 Å². The standard InChI is InChI=1S/C13H15N3O4S/c1-8-6-10(13(17)20-3)4-5-11(8)16-21(18,19)12-7-14-9(2)15-12/h4-7,16H,1-3H3,(H,14,15). The first kappa shape index (κ1) is 15.0. The van der Waals surface area contributed by atoms with Crippen molar-refractivity contribution in [2.45, 2.75) is 18.9 Å². The zero-order chi connectivity index (χ0) is 15.6. The van der Waals surface area contributed by atoms with Crippen LogP contribution in [0.5, 0.6) is 0 Å². The van der Waals surface area contributed by atoms with Gasteiger partial charge in [0.2, 0.25) is 0 Å². The van der Waals surface area contributed by atoms with Gasteiger partial charge in [0.25, 0.3) is 10.0 Å². The largest absolute Gasteiger partial charge is 0.465 e. The monoisotopic (exact) mass is 309 g/mol. The normalized spacial score (nSPS) is 11.2. The molecular weight excluding hydrogens is 294 g/mol. The molecule has 112 valence electrons. The van der Waals surface area contributed by atoms with Gasteiger partial charge in [-0.05, 0) is 37.6 Å². The van der Waals surface area contributed by atoms with Gasteiger partial charge < -0.3 is 9.72 Å². The number of aromatic amines is 1. The minimum Gasteiger partial charge on any atom is -0.465 e. The van der Waals surface area contributed by atoms with Crippen LogP contribution in [0.2, 0.25) is 0 Å². The van der Waals surface area contributed by atoms with E-state index in [2.05, 4.69) is 19.4 Å². The Bertz CT molecular complexity index is 780. The second kappa shape index (κ2) is 5.57. The maximum Gasteiger partial charge on any atom is 0.337 e. The van der Waals surface area contributed by atoms with Gasteiger partial charge in [-0.1, -0.05) is 0 Å². The van der Waals surface area contributed by atoms with Crippen molar-refractivity contribution in [2.75, 3.05) is 11.8 Å². The van der Waals surface area contributed by atoms with Gasteiger partial charge in [-0.15, -0.1) is 0 Å². The molecule has 21 heavy (non-hydrogen) atoms. The summed E-state index contributed by atoms with van der Waals surface area (Å²) < 4.78 is 31.4. The molecule has 1 heterocycles. The van der Waals surface area contributed by atoms with E-state index in [0.717, 1.165) is 0 Å². The van der Waals surface area contributed by atoms with Crippen LogP contribution in [0.4, 0.5) is 5.69 Å². The Balaban J connectivity index is 2.30. The van der Waals surface area contributed by atoms with E-state index < -0.39 is 16.0 Å². The van der Waals surface area contributed by atoms with E-state index in [-0.39, 0.29) is 5.03 Å². The molecule has 2 aromatic rings. The lowest BCUT2D eigenvalue weighted by Gasteiger charge is -2.10. The number of hydrogen-bond acceptors (Lipinski definition) is 5. The summed E-state index contributed by atoms with van der Waals surface area (Å²) in [5.74, 6) is 0.0323. The molecule has 0 aliphatic rings. The first-order valence-electron chi connectivity index (χ1n) is 6.07. The fourth-order valence-electron chi connectivity index (χ4n) is 1.76. The van der Waals surface area contributed by atoms with Crippen LogP contribution in [-0.4, -0.2) is 31.5 Å². The van der Waals surface area contributed by atoms with Gasteiger partial charge in [-0.3, -0.25) is 4.72 Å². The molecule has 0 radical (unpaired) electrons. The third kappa shape index (κ3) is 3.22. The summed E-state index contributed by atoms with van der Waals surface area (Å²) in [5.41, 5.74) is 1.35. The Labute approximate surface area is 122 Å². The number of aryl methyl sites for hydroxylation is 2. The number of benzene rings is 1. The molecule has 7 nitrogen and oxygen atoms in total. The molecule has 0 saturated heterocycles. The Morgan fingerprint density at radius 3 is 2.57 bits per heavy atom. The topological polar surface area (TPSA) is 101 Å². The van der Waals surface area contributed by atoms with Crippen LogP contribution in [0.1, 0.15) is 21.7 Å². The average molecular weight is 309 g/mol. The number of sulfonamides is 1. The van der Waals surface area contributed by atoms with Crippen LogP contribution in [0, 0.1) is 13.8 Å². The van der Waals surface area contributed by atoms with Gasteiger partial charge in [0.05, 0.1) is 24.6 Å². The van der Waals surface area contributed by atoms with Crippen molar-refractivity contribution in [3.8, 4) is 0 Å². The molecule has 1 aromatic carbocycles. The lowest BCUT2D eigenvalue weighted by atomic mass is 10.1. The predicted octanol–water partition coefficient (Wildman–Crippen LogP) is 1.61. The first-order chi connectivity index (χ1) is 9.83. The number of ether oxygens (including phenoxy) is 1. The van der Waals surface area contributed by atoms with Crippen molar-refractivity contribution < 1.29 is 17.9 Å². The number of anilines is 1. The smallest absolute Gasteiger partial charge is 0.337 e. The van der Waals surface area contributed by atoms with Gasteiger partial charge in [0, 0.05) is 0 Å². The molecule has 0 bridgehead atoms. The number of imidazole rings is 1. The van der Waals surface area contributed by atoms with Crippen molar-refractivity contribution in [3.05, 3.63) is 41.3 Å². The van der Waals surface area contributed by atoms with Crippen molar-refractivity contribution in [3.63, 3.8) is 0 Å². The van der Waals surface area contributed by atoms with Gasteiger partial charge in [-0.2, -0.15) is 8.42 Å². The number of nitrogens with one attached hydrogen (secondary N) is 2. The quantitative estimate of drug-likeness (QED) is 0.836. The molecule has 2 rings (SSSR count). The Morgan fingerprint density at radius 1 is 1.33 bits per heavy atom. The maximum atomic E-state index is 12.2. The molecule has 0 amide bonds. The number of aromatic nitrogens is 2. The number of methoxy groups -OCH3 is 1. The molecule has 0 aliphatic heterocycles. The lowest BCUT2D eigenvalue weighted by molar-refractivity contribution is 0.0600. The highest BCUT2D eigenvalue weighted by Gasteiger charge is 2.18. The lowest BCUT2D eigenvalue weighted by Crippen LogP contribution is -2.14. The number of carbonyl (C=O) groups is 1. The van der Waals surface area contributed by atoms with E-state index in [1.54, 1.807) is 19.9 Å². The van der Waals surface area contributed by atoms with E-state index in [0.29, 0.717) is 22.6 Å². The number of nitrogens with zero attached hydrogens (tertiary/aromatic N) is 1. The third-order valence-corrected chi connectivity index (χ3v) is 4.14. The van der Waals surface area contributed by atoms with Crippen LogP contribution in [0.25, 0.3) is 0 Å². The minimum atomic E-state index is -3.74. The van der Waals surface area contributed by atoms with Gasteiger partial charge >= 0.3 is 5.97 Å². The van der Waals surface area contributed by atoms with E-state index in [1.807, 2.05) is 0 Å².